The van der Waals surface area contributed by atoms with Crippen molar-refractivity contribution in [1.29, 1.82) is 5.41 Å². The minimum Gasteiger partial charge on any atom is -0.497 e. The van der Waals surface area contributed by atoms with E-state index < -0.39 is 0 Å². The largest absolute Gasteiger partial charge is 0.497 e. The average molecular weight is 507 g/mol. The molecule has 37 heavy (non-hydrogen) atoms. The van der Waals surface area contributed by atoms with E-state index in [4.69, 9.17) is 10.1 Å². The molecule has 3 rings (SSSR count). The van der Waals surface area contributed by atoms with Gasteiger partial charge in [-0.2, -0.15) is 0 Å². The van der Waals surface area contributed by atoms with E-state index in [0.717, 1.165) is 48.6 Å². The molecule has 1 aliphatic rings. The van der Waals surface area contributed by atoms with Crippen molar-refractivity contribution in [2.45, 2.75) is 19.9 Å². The van der Waals surface area contributed by atoms with Crippen molar-refractivity contribution >= 4 is 29.3 Å². The Hall–Kier alpha value is -3.85. The molecule has 1 saturated heterocycles. The number of nitrogens with one attached hydrogen (secondary N) is 4. The first-order chi connectivity index (χ1) is 17.7. The number of aryl methyl sites for hydroxylation is 1. The Kier molecular flexibility index (Phi) is 9.68. The second-order valence-corrected chi connectivity index (χ2v) is 9.28. The maximum absolute atomic E-state index is 13.3. The molecule has 0 aliphatic carbocycles. The number of benzene rings is 2. The van der Waals surface area contributed by atoms with E-state index in [-0.39, 0.29) is 24.4 Å². The molecule has 1 heterocycles. The molecule has 4 N–H and O–H groups in total. The number of carbonyl (C=O) groups is 2. The molecule has 1 atom stereocenters. The lowest BCUT2D eigenvalue weighted by Crippen LogP contribution is -2.44. The third-order valence-corrected chi connectivity index (χ3v) is 6.63. The number of piperazine rings is 1. The van der Waals surface area contributed by atoms with Gasteiger partial charge in [0.05, 0.1) is 19.7 Å². The topological polar surface area (TPSA) is 110 Å². The zero-order chi connectivity index (χ0) is 26.9. The van der Waals surface area contributed by atoms with Gasteiger partial charge in [0.15, 0.2) is 0 Å². The smallest absolute Gasteiger partial charge is 0.252 e. The zero-order valence-corrected chi connectivity index (χ0v) is 22.4. The molecule has 0 saturated carbocycles. The summed E-state index contributed by atoms with van der Waals surface area (Å²) in [6.07, 6.45) is 2.84. The number of carbonyl (C=O) groups excluding carboxylic acids is 2. The summed E-state index contributed by atoms with van der Waals surface area (Å²) < 4.78 is 5.49. The van der Waals surface area contributed by atoms with Gasteiger partial charge in [-0.1, -0.05) is 6.07 Å². The van der Waals surface area contributed by atoms with Crippen molar-refractivity contribution in [1.82, 2.24) is 20.9 Å². The molecular formula is C28H38N6O3. The summed E-state index contributed by atoms with van der Waals surface area (Å²) in [6, 6.07) is 11.4. The van der Waals surface area contributed by atoms with E-state index >= 15 is 0 Å². The van der Waals surface area contributed by atoms with Crippen LogP contribution in [0.4, 0.5) is 5.69 Å². The van der Waals surface area contributed by atoms with Gasteiger partial charge < -0.3 is 35.9 Å². The minimum atomic E-state index is -0.307. The molecule has 1 fully saturated rings. The lowest BCUT2D eigenvalue weighted by Gasteiger charge is -2.34. The van der Waals surface area contributed by atoms with Crippen LogP contribution in [0, 0.1) is 12.3 Å². The Bertz CT molecular complexity index is 1150. The number of rotatable bonds is 10. The fourth-order valence-corrected chi connectivity index (χ4v) is 4.18. The highest BCUT2D eigenvalue weighted by Gasteiger charge is 2.19. The van der Waals surface area contributed by atoms with Crippen LogP contribution < -0.4 is 25.6 Å². The number of likely N-dealkylation sites (N-methyl/N-ethyl adjacent to an activating group) is 2. The van der Waals surface area contributed by atoms with Crippen LogP contribution in [-0.4, -0.2) is 76.9 Å². The van der Waals surface area contributed by atoms with E-state index in [1.54, 1.807) is 20.4 Å². The third-order valence-electron chi connectivity index (χ3n) is 6.63. The summed E-state index contributed by atoms with van der Waals surface area (Å²) in [4.78, 5) is 29.5. The Morgan fingerprint density at radius 1 is 1.14 bits per heavy atom. The summed E-state index contributed by atoms with van der Waals surface area (Å²) in [7, 11) is 5.27. The molecule has 0 spiro atoms. The molecule has 9 nitrogen and oxygen atoms in total. The molecule has 2 aromatic carbocycles. The van der Waals surface area contributed by atoms with E-state index in [1.807, 2.05) is 44.2 Å². The summed E-state index contributed by atoms with van der Waals surface area (Å²) in [6.45, 7) is 7.84. The number of nitrogens with zero attached hydrogens (tertiary/aromatic N) is 2. The second-order valence-electron chi connectivity index (χ2n) is 9.28. The predicted molar refractivity (Wildman–Crippen MR) is 149 cm³/mol. The molecule has 0 radical (unpaired) electrons. The lowest BCUT2D eigenvalue weighted by molar-refractivity contribution is -0.119. The van der Waals surface area contributed by atoms with Crippen molar-refractivity contribution in [2.75, 3.05) is 58.8 Å². The van der Waals surface area contributed by atoms with Gasteiger partial charge in [-0.3, -0.25) is 9.59 Å². The summed E-state index contributed by atoms with van der Waals surface area (Å²) in [5.74, 6) is 0.316. The second kappa shape index (κ2) is 12.9. The van der Waals surface area contributed by atoms with Gasteiger partial charge >= 0.3 is 0 Å². The Morgan fingerprint density at radius 3 is 2.51 bits per heavy atom. The Labute approximate surface area is 219 Å². The van der Waals surface area contributed by atoms with Crippen molar-refractivity contribution < 1.29 is 14.3 Å². The van der Waals surface area contributed by atoms with Crippen LogP contribution in [0.5, 0.6) is 5.75 Å². The number of allylic oxidation sites excluding steroid dienone is 1. The summed E-state index contributed by atoms with van der Waals surface area (Å²) in [5, 5.41) is 16.4. The molecule has 0 aromatic heterocycles. The van der Waals surface area contributed by atoms with E-state index in [9.17, 15) is 9.59 Å². The van der Waals surface area contributed by atoms with Crippen LogP contribution in [-0.2, 0) is 4.79 Å². The molecule has 0 bridgehead atoms. The number of hydrogen-bond acceptors (Lipinski definition) is 7. The van der Waals surface area contributed by atoms with Gasteiger partial charge in [-0.15, -0.1) is 0 Å². The number of anilines is 1. The minimum absolute atomic E-state index is 0.101. The standard InChI is InChI=1S/C28H38N6O3/c1-19-6-7-24(34-10-8-33(4)9-11-34)15-26(19)28(36)32-20(2)21-12-22(14-25(13-21)37-5)23(16-29)17-31-18-27(35)30-3/h6-7,12-17,20,29,31H,8-11,18H2,1-5H3,(H,30,35)(H,32,36)/b23-17+,29-16?/t20-/m1/s1. The predicted octanol–water partition coefficient (Wildman–Crippen LogP) is 2.57. The molecule has 198 valence electrons. The van der Waals surface area contributed by atoms with E-state index in [0.29, 0.717) is 16.9 Å². The molecule has 1 aliphatic heterocycles. The van der Waals surface area contributed by atoms with Crippen LogP contribution in [0.15, 0.2) is 42.6 Å². The SMILES string of the molecule is CNC(=O)CN/C=C(\C=N)c1cc(OC)cc([C@@H](C)NC(=O)c2cc(N3CCN(C)CC3)ccc2C)c1. The van der Waals surface area contributed by atoms with Crippen molar-refractivity contribution in [2.24, 2.45) is 0 Å². The normalized spacial score (nSPS) is 15.1. The van der Waals surface area contributed by atoms with E-state index in [1.165, 1.54) is 6.21 Å². The molecule has 2 amide bonds. The van der Waals surface area contributed by atoms with Crippen LogP contribution in [0.2, 0.25) is 0 Å². The first-order valence-electron chi connectivity index (χ1n) is 12.4. The van der Waals surface area contributed by atoms with Crippen molar-refractivity contribution in [3.05, 3.63) is 64.9 Å². The number of methoxy groups -OCH3 is 1. The van der Waals surface area contributed by atoms with Gasteiger partial charge in [-0.05, 0) is 67.9 Å². The fraction of sp³-hybridized carbons (Fsp3) is 0.393. The van der Waals surface area contributed by atoms with Gasteiger partial charge in [-0.25, -0.2) is 0 Å². The van der Waals surface area contributed by atoms with Gasteiger partial charge in [0.2, 0.25) is 5.91 Å². The Balaban J connectivity index is 1.80. The zero-order valence-electron chi connectivity index (χ0n) is 22.4. The van der Waals surface area contributed by atoms with Gasteiger partial charge in [0.1, 0.15) is 5.75 Å². The number of hydrogen-bond donors (Lipinski definition) is 4. The monoisotopic (exact) mass is 506 g/mol. The van der Waals surface area contributed by atoms with Crippen molar-refractivity contribution in [3.63, 3.8) is 0 Å². The molecular weight excluding hydrogens is 468 g/mol. The maximum atomic E-state index is 13.3. The van der Waals surface area contributed by atoms with E-state index in [2.05, 4.69) is 38.9 Å². The average Bonchev–Trinajstić information content (AvgIpc) is 2.91. The summed E-state index contributed by atoms with van der Waals surface area (Å²) >= 11 is 0. The molecule has 0 unspecified atom stereocenters. The number of amides is 2. The first-order valence-corrected chi connectivity index (χ1v) is 12.4. The fourth-order valence-electron chi connectivity index (χ4n) is 4.18. The highest BCUT2D eigenvalue weighted by atomic mass is 16.5. The quantitative estimate of drug-likeness (QED) is 0.369. The van der Waals surface area contributed by atoms with Crippen LogP contribution >= 0.6 is 0 Å². The summed E-state index contributed by atoms with van der Waals surface area (Å²) in [5.41, 5.74) is 4.80. The highest BCUT2D eigenvalue weighted by molar-refractivity contribution is 6.08. The van der Waals surface area contributed by atoms with Gasteiger partial charge in [0.25, 0.3) is 5.91 Å². The first kappa shape index (κ1) is 27.7. The third kappa shape index (κ3) is 7.33. The van der Waals surface area contributed by atoms with Crippen molar-refractivity contribution in [3.8, 4) is 5.75 Å². The highest BCUT2D eigenvalue weighted by Crippen LogP contribution is 2.27. The van der Waals surface area contributed by atoms with Gasteiger partial charge in [0, 0.05) is 62.5 Å². The van der Waals surface area contributed by atoms with Crippen LogP contribution in [0.3, 0.4) is 0 Å². The number of ether oxygens (including phenoxy) is 1. The van der Waals surface area contributed by atoms with Crippen LogP contribution in [0.25, 0.3) is 5.57 Å². The maximum Gasteiger partial charge on any atom is 0.252 e. The molecule has 9 heteroatoms. The van der Waals surface area contributed by atoms with Crippen LogP contribution in [0.1, 0.15) is 40.0 Å². The lowest BCUT2D eigenvalue weighted by atomic mass is 9.99. The molecule has 2 aromatic rings. The Morgan fingerprint density at radius 2 is 1.86 bits per heavy atom.